The van der Waals surface area contributed by atoms with Crippen LogP contribution in [0, 0.1) is 0 Å². The second-order valence-corrected chi connectivity index (χ2v) is 7.00. The van der Waals surface area contributed by atoms with Crippen molar-refractivity contribution in [3.63, 3.8) is 0 Å². The predicted molar refractivity (Wildman–Crippen MR) is 89.7 cm³/mol. The second kappa shape index (κ2) is 7.42. The lowest BCUT2D eigenvalue weighted by atomic mass is 9.81. The first-order valence-corrected chi connectivity index (χ1v) is 8.81. The summed E-state index contributed by atoms with van der Waals surface area (Å²) in [4.78, 5) is 2.55. The van der Waals surface area contributed by atoms with Crippen LogP contribution in [0.2, 0.25) is 0 Å². The van der Waals surface area contributed by atoms with E-state index in [2.05, 4.69) is 47.6 Å². The lowest BCUT2D eigenvalue weighted by Gasteiger charge is -2.35. The minimum absolute atomic E-state index is 0.750. The lowest BCUT2D eigenvalue weighted by molar-refractivity contribution is 0.173. The van der Waals surface area contributed by atoms with E-state index >= 15 is 0 Å². The summed E-state index contributed by atoms with van der Waals surface area (Å²) >= 11 is 0. The highest BCUT2D eigenvalue weighted by atomic mass is 15.2. The Morgan fingerprint density at radius 2 is 1.76 bits per heavy atom. The maximum atomic E-state index is 3.85. The first-order valence-electron chi connectivity index (χ1n) is 8.81. The van der Waals surface area contributed by atoms with Gasteiger partial charge in [-0.1, -0.05) is 36.8 Å². The zero-order valence-corrected chi connectivity index (χ0v) is 13.4. The van der Waals surface area contributed by atoms with Crippen molar-refractivity contribution in [3.05, 3.63) is 35.9 Å². The SMILES string of the molecule is CN1CCCCC1CNC1CCC(c2ccccc2)CC1. The number of piperidine rings is 1. The highest BCUT2D eigenvalue weighted by Crippen LogP contribution is 2.32. The number of hydrogen-bond acceptors (Lipinski definition) is 2. The minimum Gasteiger partial charge on any atom is -0.312 e. The fraction of sp³-hybridized carbons (Fsp3) is 0.684. The van der Waals surface area contributed by atoms with Crippen LogP contribution in [0.25, 0.3) is 0 Å². The molecule has 0 radical (unpaired) electrons. The molecule has 1 aromatic carbocycles. The van der Waals surface area contributed by atoms with Gasteiger partial charge in [0.2, 0.25) is 0 Å². The molecule has 2 fully saturated rings. The van der Waals surface area contributed by atoms with Crippen molar-refractivity contribution in [2.75, 3.05) is 20.1 Å². The first kappa shape index (κ1) is 15.1. The van der Waals surface area contributed by atoms with Gasteiger partial charge in [-0.2, -0.15) is 0 Å². The molecule has 1 unspecified atom stereocenters. The highest BCUT2D eigenvalue weighted by Gasteiger charge is 2.24. The van der Waals surface area contributed by atoms with Gasteiger partial charge in [0.1, 0.15) is 0 Å². The third kappa shape index (κ3) is 4.08. The van der Waals surface area contributed by atoms with E-state index in [0.717, 1.165) is 18.0 Å². The van der Waals surface area contributed by atoms with Crippen molar-refractivity contribution in [2.24, 2.45) is 0 Å². The minimum atomic E-state index is 0.750. The van der Waals surface area contributed by atoms with Gasteiger partial charge in [-0.05, 0) is 63.6 Å². The fourth-order valence-corrected chi connectivity index (χ4v) is 4.06. The largest absolute Gasteiger partial charge is 0.312 e. The van der Waals surface area contributed by atoms with Crippen LogP contribution < -0.4 is 5.32 Å². The Balaban J connectivity index is 1.41. The number of rotatable bonds is 4. The molecule has 21 heavy (non-hydrogen) atoms. The van der Waals surface area contributed by atoms with Crippen LogP contribution in [0.1, 0.15) is 56.4 Å². The molecule has 1 N–H and O–H groups in total. The zero-order chi connectivity index (χ0) is 14.5. The Morgan fingerprint density at radius 1 is 1.00 bits per heavy atom. The van der Waals surface area contributed by atoms with Crippen LogP contribution >= 0.6 is 0 Å². The van der Waals surface area contributed by atoms with Gasteiger partial charge in [-0.3, -0.25) is 0 Å². The Hall–Kier alpha value is -0.860. The van der Waals surface area contributed by atoms with Gasteiger partial charge in [-0.25, -0.2) is 0 Å². The number of likely N-dealkylation sites (tertiary alicyclic amines) is 1. The van der Waals surface area contributed by atoms with E-state index in [0.29, 0.717) is 0 Å². The van der Waals surface area contributed by atoms with Gasteiger partial charge in [0.25, 0.3) is 0 Å². The highest BCUT2D eigenvalue weighted by molar-refractivity contribution is 5.20. The van der Waals surface area contributed by atoms with E-state index in [-0.39, 0.29) is 0 Å². The molecule has 116 valence electrons. The molecule has 1 saturated carbocycles. The summed E-state index contributed by atoms with van der Waals surface area (Å²) in [5.41, 5.74) is 1.54. The number of likely N-dealkylation sites (N-methyl/N-ethyl adjacent to an activating group) is 1. The lowest BCUT2D eigenvalue weighted by Crippen LogP contribution is -2.46. The summed E-state index contributed by atoms with van der Waals surface area (Å²) < 4.78 is 0. The van der Waals surface area contributed by atoms with Crippen molar-refractivity contribution < 1.29 is 0 Å². The molecule has 2 nitrogen and oxygen atoms in total. The predicted octanol–water partition coefficient (Wildman–Crippen LogP) is 3.79. The molecule has 1 heterocycles. The Labute approximate surface area is 129 Å². The average Bonchev–Trinajstić information content (AvgIpc) is 2.55. The molecule has 1 aromatic rings. The van der Waals surface area contributed by atoms with Crippen molar-refractivity contribution >= 4 is 0 Å². The molecule has 1 saturated heterocycles. The molecular formula is C19H30N2. The van der Waals surface area contributed by atoms with Crippen LogP contribution in [0.3, 0.4) is 0 Å². The molecule has 0 amide bonds. The Bertz CT molecular complexity index is 409. The third-order valence-electron chi connectivity index (χ3n) is 5.56. The normalized spacial score (nSPS) is 31.2. The molecule has 2 heteroatoms. The maximum Gasteiger partial charge on any atom is 0.0217 e. The topological polar surface area (TPSA) is 15.3 Å². The molecule has 0 spiro atoms. The number of benzene rings is 1. The molecule has 1 aliphatic carbocycles. The van der Waals surface area contributed by atoms with Crippen LogP contribution in [-0.4, -0.2) is 37.1 Å². The smallest absolute Gasteiger partial charge is 0.0217 e. The number of hydrogen-bond donors (Lipinski definition) is 1. The number of nitrogens with one attached hydrogen (secondary N) is 1. The summed E-state index contributed by atoms with van der Waals surface area (Å²) in [6.07, 6.45) is 9.56. The molecule has 1 atom stereocenters. The van der Waals surface area contributed by atoms with E-state index in [1.54, 1.807) is 5.56 Å². The fourth-order valence-electron chi connectivity index (χ4n) is 4.06. The van der Waals surface area contributed by atoms with Gasteiger partial charge in [0.05, 0.1) is 0 Å². The van der Waals surface area contributed by atoms with E-state index in [9.17, 15) is 0 Å². The van der Waals surface area contributed by atoms with Crippen molar-refractivity contribution in [2.45, 2.75) is 62.9 Å². The van der Waals surface area contributed by atoms with Gasteiger partial charge in [0.15, 0.2) is 0 Å². The van der Waals surface area contributed by atoms with Crippen molar-refractivity contribution in [3.8, 4) is 0 Å². The van der Waals surface area contributed by atoms with E-state index in [1.165, 1.54) is 58.0 Å². The Kier molecular flexibility index (Phi) is 5.32. The zero-order valence-electron chi connectivity index (χ0n) is 13.4. The van der Waals surface area contributed by atoms with Crippen molar-refractivity contribution in [1.82, 2.24) is 10.2 Å². The van der Waals surface area contributed by atoms with E-state index < -0.39 is 0 Å². The monoisotopic (exact) mass is 286 g/mol. The van der Waals surface area contributed by atoms with Crippen molar-refractivity contribution in [1.29, 1.82) is 0 Å². The molecule has 0 bridgehead atoms. The standard InChI is InChI=1S/C19H30N2/c1-21-14-6-5-9-19(21)15-20-18-12-10-17(11-13-18)16-7-3-2-4-8-16/h2-4,7-8,17-20H,5-6,9-15H2,1H3. The molecule has 2 aliphatic rings. The van der Waals surface area contributed by atoms with Crippen LogP contribution in [0.15, 0.2) is 30.3 Å². The summed E-state index contributed by atoms with van der Waals surface area (Å²) in [5, 5.41) is 3.85. The van der Waals surface area contributed by atoms with E-state index in [1.807, 2.05) is 0 Å². The number of nitrogens with zero attached hydrogens (tertiary/aromatic N) is 1. The third-order valence-corrected chi connectivity index (χ3v) is 5.56. The molecule has 0 aromatic heterocycles. The van der Waals surface area contributed by atoms with Gasteiger partial charge in [-0.15, -0.1) is 0 Å². The summed E-state index contributed by atoms with van der Waals surface area (Å²) in [6.45, 7) is 2.48. The molecule has 1 aliphatic heterocycles. The molecular weight excluding hydrogens is 256 g/mol. The average molecular weight is 286 g/mol. The summed E-state index contributed by atoms with van der Waals surface area (Å²) in [6, 6.07) is 12.6. The summed E-state index contributed by atoms with van der Waals surface area (Å²) in [7, 11) is 2.29. The quantitative estimate of drug-likeness (QED) is 0.906. The van der Waals surface area contributed by atoms with Gasteiger partial charge < -0.3 is 10.2 Å². The van der Waals surface area contributed by atoms with Crippen LogP contribution in [0.4, 0.5) is 0 Å². The van der Waals surface area contributed by atoms with Crippen LogP contribution in [0.5, 0.6) is 0 Å². The summed E-state index contributed by atoms with van der Waals surface area (Å²) in [5.74, 6) is 0.793. The first-order chi connectivity index (χ1) is 10.3. The maximum absolute atomic E-state index is 3.85. The van der Waals surface area contributed by atoms with E-state index in [4.69, 9.17) is 0 Å². The second-order valence-electron chi connectivity index (χ2n) is 7.00. The van der Waals surface area contributed by atoms with Crippen LogP contribution in [-0.2, 0) is 0 Å². The molecule has 3 rings (SSSR count). The van der Waals surface area contributed by atoms with Gasteiger partial charge >= 0.3 is 0 Å². The van der Waals surface area contributed by atoms with Gasteiger partial charge in [0, 0.05) is 18.6 Å². The Morgan fingerprint density at radius 3 is 2.48 bits per heavy atom.